The minimum atomic E-state index is 0.771. The van der Waals surface area contributed by atoms with Crippen molar-refractivity contribution in [3.8, 4) is 11.5 Å². The van der Waals surface area contributed by atoms with E-state index in [1.165, 1.54) is 11.1 Å². The minimum absolute atomic E-state index is 0.771. The first-order valence-corrected chi connectivity index (χ1v) is 7.81. The number of ether oxygens (including phenoxy) is 2. The summed E-state index contributed by atoms with van der Waals surface area (Å²) in [6.07, 6.45) is 2.17. The molecular weight excluding hydrogens is 274 g/mol. The molecule has 2 aromatic rings. The molecule has 0 fully saturated rings. The highest BCUT2D eigenvalue weighted by Crippen LogP contribution is 2.13. The SMILES string of the molecule is COc1ccc(CNCCCCOc2cccc(C)c2)cc1. The molecule has 0 heterocycles. The number of methoxy groups -OCH3 is 1. The Morgan fingerprint density at radius 2 is 1.77 bits per heavy atom. The predicted octanol–water partition coefficient (Wildman–Crippen LogP) is 3.95. The summed E-state index contributed by atoms with van der Waals surface area (Å²) >= 11 is 0. The van der Waals surface area contributed by atoms with Crippen LogP contribution in [0, 0.1) is 6.92 Å². The Balaban J connectivity index is 1.54. The molecule has 0 aliphatic rings. The fourth-order valence-electron chi connectivity index (χ4n) is 2.22. The fraction of sp³-hybridized carbons (Fsp3) is 0.368. The zero-order chi connectivity index (χ0) is 15.6. The van der Waals surface area contributed by atoms with Crippen LogP contribution in [-0.2, 0) is 6.54 Å². The second-order valence-corrected chi connectivity index (χ2v) is 5.40. The second kappa shape index (κ2) is 9.11. The van der Waals surface area contributed by atoms with Gasteiger partial charge in [0.1, 0.15) is 11.5 Å². The van der Waals surface area contributed by atoms with Crippen molar-refractivity contribution in [2.75, 3.05) is 20.3 Å². The van der Waals surface area contributed by atoms with Crippen LogP contribution in [0.1, 0.15) is 24.0 Å². The van der Waals surface area contributed by atoms with E-state index in [2.05, 4.69) is 36.5 Å². The lowest BCUT2D eigenvalue weighted by atomic mass is 10.2. The van der Waals surface area contributed by atoms with Crippen LogP contribution >= 0.6 is 0 Å². The van der Waals surface area contributed by atoms with Gasteiger partial charge in [0.2, 0.25) is 0 Å². The standard InChI is InChI=1S/C19H25NO2/c1-16-6-5-7-19(14-16)22-13-4-3-12-20-15-17-8-10-18(21-2)11-9-17/h5-11,14,20H,3-4,12-13,15H2,1-2H3. The molecule has 1 N–H and O–H groups in total. The largest absolute Gasteiger partial charge is 0.497 e. The van der Waals surface area contributed by atoms with Gasteiger partial charge in [0.05, 0.1) is 13.7 Å². The van der Waals surface area contributed by atoms with E-state index in [0.29, 0.717) is 0 Å². The summed E-state index contributed by atoms with van der Waals surface area (Å²) in [4.78, 5) is 0. The smallest absolute Gasteiger partial charge is 0.119 e. The topological polar surface area (TPSA) is 30.5 Å². The Morgan fingerprint density at radius 1 is 0.955 bits per heavy atom. The molecule has 0 radical (unpaired) electrons. The number of unbranched alkanes of at least 4 members (excludes halogenated alkanes) is 1. The van der Waals surface area contributed by atoms with Gasteiger partial charge in [-0.2, -0.15) is 0 Å². The molecule has 0 saturated heterocycles. The van der Waals surface area contributed by atoms with E-state index in [1.54, 1.807) is 7.11 Å². The number of rotatable bonds is 9. The molecule has 0 aliphatic heterocycles. The van der Waals surface area contributed by atoms with E-state index in [4.69, 9.17) is 9.47 Å². The lowest BCUT2D eigenvalue weighted by Crippen LogP contribution is -2.15. The molecule has 0 amide bonds. The molecule has 0 bridgehead atoms. The third-order valence-corrected chi connectivity index (χ3v) is 3.49. The molecule has 2 aromatic carbocycles. The maximum atomic E-state index is 5.74. The van der Waals surface area contributed by atoms with Gasteiger partial charge in [-0.1, -0.05) is 24.3 Å². The molecular formula is C19H25NO2. The van der Waals surface area contributed by atoms with E-state index in [0.717, 1.165) is 44.0 Å². The van der Waals surface area contributed by atoms with Crippen molar-refractivity contribution >= 4 is 0 Å². The van der Waals surface area contributed by atoms with E-state index < -0.39 is 0 Å². The van der Waals surface area contributed by atoms with Crippen LogP contribution in [0.2, 0.25) is 0 Å². The van der Waals surface area contributed by atoms with Crippen LogP contribution in [0.5, 0.6) is 11.5 Å². The number of hydrogen-bond acceptors (Lipinski definition) is 3. The Labute approximate surface area is 133 Å². The summed E-state index contributed by atoms with van der Waals surface area (Å²) < 4.78 is 10.9. The van der Waals surface area contributed by atoms with E-state index >= 15 is 0 Å². The molecule has 22 heavy (non-hydrogen) atoms. The summed E-state index contributed by atoms with van der Waals surface area (Å²) in [5.41, 5.74) is 2.51. The Bertz CT molecular complexity index is 552. The molecule has 2 rings (SSSR count). The minimum Gasteiger partial charge on any atom is -0.497 e. The quantitative estimate of drug-likeness (QED) is 0.711. The number of aryl methyl sites for hydroxylation is 1. The van der Waals surface area contributed by atoms with Crippen LogP contribution < -0.4 is 14.8 Å². The predicted molar refractivity (Wildman–Crippen MR) is 90.6 cm³/mol. The molecule has 3 heteroatoms. The van der Waals surface area contributed by atoms with Gasteiger partial charge in [0.25, 0.3) is 0 Å². The Morgan fingerprint density at radius 3 is 2.50 bits per heavy atom. The zero-order valence-electron chi connectivity index (χ0n) is 13.5. The molecule has 0 unspecified atom stereocenters. The van der Waals surface area contributed by atoms with Gasteiger partial charge in [-0.15, -0.1) is 0 Å². The normalized spacial score (nSPS) is 10.5. The van der Waals surface area contributed by atoms with Crippen LogP contribution in [0.3, 0.4) is 0 Å². The summed E-state index contributed by atoms with van der Waals surface area (Å²) in [7, 11) is 1.69. The second-order valence-electron chi connectivity index (χ2n) is 5.40. The van der Waals surface area contributed by atoms with Crippen molar-refractivity contribution in [3.05, 3.63) is 59.7 Å². The molecule has 0 aliphatic carbocycles. The Kier molecular flexibility index (Phi) is 6.78. The fourth-order valence-corrected chi connectivity index (χ4v) is 2.22. The van der Waals surface area contributed by atoms with Crippen LogP contribution in [0.25, 0.3) is 0 Å². The van der Waals surface area contributed by atoms with Crippen LogP contribution in [0.15, 0.2) is 48.5 Å². The maximum absolute atomic E-state index is 5.74. The van der Waals surface area contributed by atoms with Crippen molar-refractivity contribution in [2.45, 2.75) is 26.3 Å². The number of nitrogens with one attached hydrogen (secondary N) is 1. The molecule has 0 saturated carbocycles. The first-order valence-electron chi connectivity index (χ1n) is 7.81. The van der Waals surface area contributed by atoms with E-state index in [9.17, 15) is 0 Å². The van der Waals surface area contributed by atoms with Crippen molar-refractivity contribution < 1.29 is 9.47 Å². The average Bonchev–Trinajstić information content (AvgIpc) is 2.54. The highest BCUT2D eigenvalue weighted by atomic mass is 16.5. The molecule has 3 nitrogen and oxygen atoms in total. The van der Waals surface area contributed by atoms with Crippen molar-refractivity contribution in [3.63, 3.8) is 0 Å². The molecule has 0 spiro atoms. The van der Waals surface area contributed by atoms with Gasteiger partial charge in [-0.05, 0) is 61.7 Å². The van der Waals surface area contributed by atoms with Crippen LogP contribution in [0.4, 0.5) is 0 Å². The lowest BCUT2D eigenvalue weighted by molar-refractivity contribution is 0.305. The van der Waals surface area contributed by atoms with Gasteiger partial charge in [0, 0.05) is 6.54 Å². The van der Waals surface area contributed by atoms with Gasteiger partial charge in [-0.3, -0.25) is 0 Å². The lowest BCUT2D eigenvalue weighted by Gasteiger charge is -2.08. The van der Waals surface area contributed by atoms with Gasteiger partial charge in [0.15, 0.2) is 0 Å². The average molecular weight is 299 g/mol. The summed E-state index contributed by atoms with van der Waals surface area (Å²) in [5, 5.41) is 3.45. The monoisotopic (exact) mass is 299 g/mol. The van der Waals surface area contributed by atoms with Crippen molar-refractivity contribution in [1.82, 2.24) is 5.32 Å². The molecule has 118 valence electrons. The summed E-state index contributed by atoms with van der Waals surface area (Å²) in [6, 6.07) is 16.4. The van der Waals surface area contributed by atoms with Crippen molar-refractivity contribution in [1.29, 1.82) is 0 Å². The first kappa shape index (κ1) is 16.4. The number of benzene rings is 2. The summed E-state index contributed by atoms with van der Waals surface area (Å²) in [6.45, 7) is 4.75. The zero-order valence-corrected chi connectivity index (χ0v) is 13.5. The maximum Gasteiger partial charge on any atom is 0.119 e. The third kappa shape index (κ3) is 5.78. The van der Waals surface area contributed by atoms with E-state index in [1.807, 2.05) is 24.3 Å². The van der Waals surface area contributed by atoms with Crippen LogP contribution in [-0.4, -0.2) is 20.3 Å². The number of hydrogen-bond donors (Lipinski definition) is 1. The Hall–Kier alpha value is -2.00. The first-order chi connectivity index (χ1) is 10.8. The molecule has 0 atom stereocenters. The highest BCUT2D eigenvalue weighted by Gasteiger charge is 1.96. The third-order valence-electron chi connectivity index (χ3n) is 3.49. The highest BCUT2D eigenvalue weighted by molar-refractivity contribution is 5.27. The molecule has 0 aromatic heterocycles. The van der Waals surface area contributed by atoms with Crippen molar-refractivity contribution in [2.24, 2.45) is 0 Å². The summed E-state index contributed by atoms with van der Waals surface area (Å²) in [5.74, 6) is 1.86. The van der Waals surface area contributed by atoms with Gasteiger partial charge in [-0.25, -0.2) is 0 Å². The van der Waals surface area contributed by atoms with Gasteiger partial charge >= 0.3 is 0 Å². The van der Waals surface area contributed by atoms with Gasteiger partial charge < -0.3 is 14.8 Å². The van der Waals surface area contributed by atoms with E-state index in [-0.39, 0.29) is 0 Å².